The number of benzene rings is 2. The molecule has 1 atom stereocenters. The molecule has 0 aliphatic heterocycles. The predicted octanol–water partition coefficient (Wildman–Crippen LogP) is 5.13. The van der Waals surface area contributed by atoms with Gasteiger partial charge in [0.15, 0.2) is 5.76 Å². The van der Waals surface area contributed by atoms with Crippen LogP contribution in [-0.4, -0.2) is 23.6 Å². The van der Waals surface area contributed by atoms with Crippen molar-refractivity contribution in [3.05, 3.63) is 77.0 Å². The average molecular weight is 382 g/mol. The number of esters is 1. The molecule has 0 radical (unpaired) electrons. The van der Waals surface area contributed by atoms with Gasteiger partial charge in [0.2, 0.25) is 0 Å². The molecule has 0 aliphatic carbocycles. The van der Waals surface area contributed by atoms with Gasteiger partial charge in [-0.05, 0) is 36.8 Å². The molecule has 0 saturated heterocycles. The van der Waals surface area contributed by atoms with Crippen molar-refractivity contribution in [1.29, 1.82) is 0 Å². The zero-order valence-electron chi connectivity index (χ0n) is 14.0. The number of ether oxygens (including phenoxy) is 1. The molecule has 2 aromatic carbocycles. The molecule has 0 aliphatic rings. The van der Waals surface area contributed by atoms with Gasteiger partial charge in [0.05, 0.1) is 12.7 Å². The minimum Gasteiger partial charge on any atom is -0.506 e. The Morgan fingerprint density at radius 3 is 2.42 bits per heavy atom. The number of carbonyl (C=O) groups is 1. The van der Waals surface area contributed by atoms with Crippen molar-refractivity contribution in [2.75, 3.05) is 11.9 Å². The monoisotopic (exact) mass is 381 g/mol. The van der Waals surface area contributed by atoms with Gasteiger partial charge in [0, 0.05) is 10.7 Å². The Morgan fingerprint density at radius 2 is 1.85 bits per heavy atom. The van der Waals surface area contributed by atoms with Gasteiger partial charge < -0.3 is 15.2 Å². The first kappa shape index (κ1) is 19.7. The molecule has 138 valence electrons. The first-order valence-corrected chi connectivity index (χ1v) is 8.25. The molecule has 2 rings (SSSR count). The van der Waals surface area contributed by atoms with Crippen LogP contribution < -0.4 is 5.32 Å². The number of halogens is 3. The molecule has 0 bridgehead atoms. The highest BCUT2D eigenvalue weighted by Gasteiger charge is 2.45. The van der Waals surface area contributed by atoms with Crippen LogP contribution in [0.3, 0.4) is 0 Å². The quantitative estimate of drug-likeness (QED) is 0.396. The summed E-state index contributed by atoms with van der Waals surface area (Å²) in [5.74, 6) is -6.21. The van der Waals surface area contributed by atoms with Crippen molar-refractivity contribution in [3.63, 3.8) is 0 Å². The summed E-state index contributed by atoms with van der Waals surface area (Å²) in [7, 11) is 0. The summed E-state index contributed by atoms with van der Waals surface area (Å²) < 4.78 is 34.4. The lowest BCUT2D eigenvalue weighted by atomic mass is 9.98. The molecular weight excluding hydrogens is 364 g/mol. The fourth-order valence-corrected chi connectivity index (χ4v) is 2.41. The van der Waals surface area contributed by atoms with E-state index in [0.717, 1.165) is 0 Å². The molecule has 0 spiro atoms. The Morgan fingerprint density at radius 1 is 1.23 bits per heavy atom. The average Bonchev–Trinajstić information content (AvgIpc) is 2.61. The second-order valence-electron chi connectivity index (χ2n) is 5.40. The van der Waals surface area contributed by atoms with Crippen LogP contribution in [-0.2, 0) is 9.53 Å². The highest BCUT2D eigenvalue weighted by atomic mass is 35.5. The van der Waals surface area contributed by atoms with Gasteiger partial charge in [-0.2, -0.15) is 8.78 Å². The molecular formula is C19H18ClF2NO3. The molecule has 0 amide bonds. The third kappa shape index (κ3) is 4.95. The molecule has 0 heterocycles. The molecule has 26 heavy (non-hydrogen) atoms. The van der Waals surface area contributed by atoms with Crippen molar-refractivity contribution in [2.24, 2.45) is 0 Å². The minimum atomic E-state index is -3.78. The Labute approximate surface area is 155 Å². The lowest BCUT2D eigenvalue weighted by Gasteiger charge is -2.28. The van der Waals surface area contributed by atoms with Crippen LogP contribution in [0.5, 0.6) is 0 Å². The maximum Gasteiger partial charge on any atom is 0.334 e. The van der Waals surface area contributed by atoms with Gasteiger partial charge in [0.25, 0.3) is 0 Å². The SMILES string of the molecule is CCOC(=O)/C=C(\O)C(F)(F)C(Nc1ccccc1)c1ccc(Cl)cc1. The van der Waals surface area contributed by atoms with E-state index in [2.05, 4.69) is 10.1 Å². The maximum absolute atomic E-state index is 14.9. The van der Waals surface area contributed by atoms with E-state index in [1.54, 1.807) is 30.3 Å². The third-order valence-electron chi connectivity index (χ3n) is 3.53. The molecule has 0 saturated carbocycles. The fraction of sp³-hybridized carbons (Fsp3) is 0.211. The number of aliphatic hydroxyl groups excluding tert-OH is 1. The summed E-state index contributed by atoms with van der Waals surface area (Å²) >= 11 is 5.83. The first-order valence-electron chi connectivity index (χ1n) is 7.87. The van der Waals surface area contributed by atoms with Gasteiger partial charge in [-0.15, -0.1) is 0 Å². The van der Waals surface area contributed by atoms with Crippen LogP contribution >= 0.6 is 11.6 Å². The van der Waals surface area contributed by atoms with Gasteiger partial charge in [0.1, 0.15) is 6.04 Å². The zero-order chi connectivity index (χ0) is 19.2. The number of hydrogen-bond acceptors (Lipinski definition) is 4. The Balaban J connectivity index is 2.41. The van der Waals surface area contributed by atoms with Crippen LogP contribution in [0.2, 0.25) is 5.02 Å². The summed E-state index contributed by atoms with van der Waals surface area (Å²) in [6.45, 7) is 1.55. The van der Waals surface area contributed by atoms with Crippen molar-refractivity contribution < 1.29 is 23.4 Å². The maximum atomic E-state index is 14.9. The van der Waals surface area contributed by atoms with E-state index >= 15 is 0 Å². The van der Waals surface area contributed by atoms with E-state index in [1.165, 1.54) is 31.2 Å². The van der Waals surface area contributed by atoms with E-state index in [-0.39, 0.29) is 12.2 Å². The van der Waals surface area contributed by atoms with Crippen molar-refractivity contribution in [2.45, 2.75) is 18.9 Å². The second kappa shape index (κ2) is 8.67. The molecule has 7 heteroatoms. The van der Waals surface area contributed by atoms with Gasteiger partial charge >= 0.3 is 11.9 Å². The predicted molar refractivity (Wildman–Crippen MR) is 96.5 cm³/mol. The zero-order valence-corrected chi connectivity index (χ0v) is 14.7. The summed E-state index contributed by atoms with van der Waals surface area (Å²) in [6.07, 6.45) is 0.388. The van der Waals surface area contributed by atoms with E-state index in [9.17, 15) is 18.7 Å². The van der Waals surface area contributed by atoms with Gasteiger partial charge in [-0.3, -0.25) is 0 Å². The lowest BCUT2D eigenvalue weighted by molar-refractivity contribution is -0.137. The summed E-state index contributed by atoms with van der Waals surface area (Å²) in [6, 6.07) is 12.5. The van der Waals surface area contributed by atoms with Crippen LogP contribution in [0.1, 0.15) is 18.5 Å². The van der Waals surface area contributed by atoms with E-state index in [4.69, 9.17) is 11.6 Å². The number of hydrogen-bond donors (Lipinski definition) is 2. The fourth-order valence-electron chi connectivity index (χ4n) is 2.28. The molecule has 2 N–H and O–H groups in total. The standard InChI is InChI=1S/C19H18ClF2NO3/c1-2-26-17(25)12-16(24)19(21,22)18(13-8-10-14(20)11-9-13)23-15-6-4-3-5-7-15/h3-12,18,23-24H,2H2,1H3/b16-12-. The molecule has 0 fully saturated rings. The van der Waals surface area contributed by atoms with E-state index in [1.807, 2.05) is 0 Å². The van der Waals surface area contributed by atoms with Crippen molar-refractivity contribution in [1.82, 2.24) is 0 Å². The van der Waals surface area contributed by atoms with E-state index in [0.29, 0.717) is 16.8 Å². The largest absolute Gasteiger partial charge is 0.506 e. The minimum absolute atomic E-state index is 0.0110. The van der Waals surface area contributed by atoms with E-state index < -0.39 is 23.7 Å². The third-order valence-corrected chi connectivity index (χ3v) is 3.79. The van der Waals surface area contributed by atoms with Crippen molar-refractivity contribution in [3.8, 4) is 0 Å². The number of anilines is 1. The van der Waals surface area contributed by atoms with Crippen LogP contribution in [0.25, 0.3) is 0 Å². The number of aliphatic hydroxyl groups is 1. The summed E-state index contributed by atoms with van der Waals surface area (Å²) in [4.78, 5) is 11.4. The Bertz CT molecular complexity index is 764. The molecule has 1 unspecified atom stereocenters. The van der Waals surface area contributed by atoms with Crippen molar-refractivity contribution >= 4 is 23.3 Å². The second-order valence-corrected chi connectivity index (χ2v) is 5.84. The Hall–Kier alpha value is -2.60. The summed E-state index contributed by atoms with van der Waals surface area (Å²) in [5.41, 5.74) is 0.614. The molecule has 2 aromatic rings. The Kier molecular flexibility index (Phi) is 6.58. The first-order chi connectivity index (χ1) is 12.3. The lowest BCUT2D eigenvalue weighted by Crippen LogP contribution is -2.34. The number of para-hydroxylation sites is 1. The smallest absolute Gasteiger partial charge is 0.334 e. The van der Waals surface area contributed by atoms with Crippen LogP contribution in [0, 0.1) is 0 Å². The topological polar surface area (TPSA) is 58.6 Å². The number of carbonyl (C=O) groups excluding carboxylic acids is 1. The summed E-state index contributed by atoms with van der Waals surface area (Å²) in [5, 5.41) is 13.0. The number of nitrogens with one attached hydrogen (secondary N) is 1. The molecule has 4 nitrogen and oxygen atoms in total. The number of alkyl halides is 2. The normalized spacial score (nSPS) is 13.2. The van der Waals surface area contributed by atoms with Crippen LogP contribution in [0.4, 0.5) is 14.5 Å². The van der Waals surface area contributed by atoms with Gasteiger partial charge in [-0.25, -0.2) is 4.79 Å². The van der Waals surface area contributed by atoms with Crippen LogP contribution in [0.15, 0.2) is 66.4 Å². The van der Waals surface area contributed by atoms with Gasteiger partial charge in [-0.1, -0.05) is 41.9 Å². The molecule has 0 aromatic heterocycles. The highest BCUT2D eigenvalue weighted by molar-refractivity contribution is 6.30. The number of rotatable bonds is 7. The highest BCUT2D eigenvalue weighted by Crippen LogP contribution is 2.39.